The van der Waals surface area contributed by atoms with Gasteiger partial charge in [0.1, 0.15) is 0 Å². The van der Waals surface area contributed by atoms with E-state index < -0.39 is 0 Å². The van der Waals surface area contributed by atoms with E-state index in [0.717, 1.165) is 41.8 Å². The molecule has 1 fully saturated rings. The lowest BCUT2D eigenvalue weighted by Gasteiger charge is -2.13. The Bertz CT molecular complexity index is 1540. The van der Waals surface area contributed by atoms with E-state index in [4.69, 9.17) is 10.1 Å². The highest BCUT2D eigenvalue weighted by atomic mass is 16.1. The largest absolute Gasteiger partial charge is 0.322 e. The molecular formula is C26H28N8O2. The molecule has 4 aromatic rings. The van der Waals surface area contributed by atoms with E-state index in [9.17, 15) is 9.59 Å². The van der Waals surface area contributed by atoms with E-state index in [-0.39, 0.29) is 11.5 Å². The fourth-order valence-corrected chi connectivity index (χ4v) is 4.52. The number of carbonyl (C=O) groups excluding carboxylic acids is 1. The summed E-state index contributed by atoms with van der Waals surface area (Å²) in [7, 11) is 2.11. The third-order valence-corrected chi connectivity index (χ3v) is 6.43. The Morgan fingerprint density at radius 1 is 1.25 bits per heavy atom. The zero-order valence-electron chi connectivity index (χ0n) is 20.5. The van der Waals surface area contributed by atoms with Crippen molar-refractivity contribution in [2.24, 2.45) is 0 Å². The second-order valence-electron chi connectivity index (χ2n) is 9.11. The van der Waals surface area contributed by atoms with Gasteiger partial charge >= 0.3 is 0 Å². The minimum atomic E-state index is -0.331. The lowest BCUT2D eigenvalue weighted by molar-refractivity contribution is -0.111. The highest BCUT2D eigenvalue weighted by Gasteiger charge is 2.23. The second kappa shape index (κ2) is 9.38. The van der Waals surface area contributed by atoms with Crippen LogP contribution >= 0.6 is 0 Å². The van der Waals surface area contributed by atoms with Crippen LogP contribution in [-0.2, 0) is 4.79 Å². The minimum Gasteiger partial charge on any atom is -0.322 e. The van der Waals surface area contributed by atoms with Crippen molar-refractivity contribution in [2.75, 3.05) is 30.8 Å². The van der Waals surface area contributed by atoms with Crippen LogP contribution < -0.4 is 16.2 Å². The van der Waals surface area contributed by atoms with Gasteiger partial charge in [-0.05, 0) is 63.7 Å². The number of nitrogens with one attached hydrogen (secondary N) is 2. The summed E-state index contributed by atoms with van der Waals surface area (Å²) in [6, 6.07) is 8.92. The lowest BCUT2D eigenvalue weighted by atomic mass is 10.2. The first-order valence-electron chi connectivity index (χ1n) is 11.8. The van der Waals surface area contributed by atoms with Crippen LogP contribution in [-0.4, -0.2) is 55.3 Å². The first-order chi connectivity index (χ1) is 17.3. The summed E-state index contributed by atoms with van der Waals surface area (Å²) < 4.78 is 3.52. The Labute approximate surface area is 208 Å². The molecule has 10 nitrogen and oxygen atoms in total. The van der Waals surface area contributed by atoms with Crippen LogP contribution in [0, 0.1) is 13.8 Å². The summed E-state index contributed by atoms with van der Waals surface area (Å²) in [5, 5.41) is 11.5. The molecule has 0 radical (unpaired) electrons. The third kappa shape index (κ3) is 4.50. The number of aromatic nitrogens is 5. The number of anilines is 3. The summed E-state index contributed by atoms with van der Waals surface area (Å²) in [5.41, 5.74) is 3.80. The third-order valence-electron chi connectivity index (χ3n) is 6.43. The van der Waals surface area contributed by atoms with Crippen LogP contribution in [0.2, 0.25) is 0 Å². The lowest BCUT2D eigenvalue weighted by Crippen LogP contribution is -2.20. The fraction of sp³-hybridized carbons (Fsp3) is 0.269. The molecule has 4 heterocycles. The first-order valence-corrected chi connectivity index (χ1v) is 11.8. The van der Waals surface area contributed by atoms with Gasteiger partial charge in [-0.1, -0.05) is 12.6 Å². The molecular weight excluding hydrogens is 456 g/mol. The maximum Gasteiger partial charge on any atom is 0.257 e. The Morgan fingerprint density at radius 2 is 2.08 bits per heavy atom. The number of aryl methyl sites for hydroxylation is 2. The number of likely N-dealkylation sites (tertiary alicyclic amines) is 1. The van der Waals surface area contributed by atoms with Gasteiger partial charge in [-0.3, -0.25) is 18.8 Å². The summed E-state index contributed by atoms with van der Waals surface area (Å²) in [6.07, 6.45) is 5.95. The van der Waals surface area contributed by atoms with Gasteiger partial charge in [0.25, 0.3) is 5.56 Å². The van der Waals surface area contributed by atoms with Crippen molar-refractivity contribution in [1.29, 1.82) is 0 Å². The Hall–Kier alpha value is -4.31. The van der Waals surface area contributed by atoms with E-state index in [1.54, 1.807) is 36.5 Å². The SMILES string of the molecule is C=CC(=O)Nc1cccc(-n2c(=O)cc(C)c3cnc(Nc4cn([C@H]5CCN(C)C5)nc4C)nc32)c1. The van der Waals surface area contributed by atoms with Gasteiger partial charge < -0.3 is 15.5 Å². The van der Waals surface area contributed by atoms with E-state index in [1.165, 1.54) is 10.6 Å². The highest BCUT2D eigenvalue weighted by Crippen LogP contribution is 2.26. The molecule has 1 aromatic carbocycles. The Kier molecular flexibility index (Phi) is 6.11. The van der Waals surface area contributed by atoms with Crippen molar-refractivity contribution in [3.8, 4) is 5.69 Å². The molecule has 0 saturated carbocycles. The van der Waals surface area contributed by atoms with Gasteiger partial charge in [-0.15, -0.1) is 0 Å². The van der Waals surface area contributed by atoms with Crippen molar-refractivity contribution in [3.63, 3.8) is 0 Å². The van der Waals surface area contributed by atoms with Crippen molar-refractivity contribution in [1.82, 2.24) is 29.2 Å². The molecule has 0 unspecified atom stereocenters. The molecule has 0 bridgehead atoms. The maximum atomic E-state index is 13.1. The zero-order chi connectivity index (χ0) is 25.4. The summed E-state index contributed by atoms with van der Waals surface area (Å²) >= 11 is 0. The van der Waals surface area contributed by atoms with Gasteiger partial charge in [0.15, 0.2) is 5.65 Å². The summed E-state index contributed by atoms with van der Waals surface area (Å²) in [5.74, 6) is 0.0331. The van der Waals surface area contributed by atoms with Crippen LogP contribution in [0.15, 0.2) is 60.2 Å². The summed E-state index contributed by atoms with van der Waals surface area (Å²) in [4.78, 5) is 36.4. The molecule has 0 spiro atoms. The van der Waals surface area contributed by atoms with Crippen molar-refractivity contribution in [3.05, 3.63) is 77.0 Å². The first kappa shape index (κ1) is 23.4. The number of fused-ring (bicyclic) bond motifs is 1. The number of amides is 1. The van der Waals surface area contributed by atoms with Crippen LogP contribution in [0.4, 0.5) is 17.3 Å². The number of carbonyl (C=O) groups is 1. The average Bonchev–Trinajstić information content (AvgIpc) is 3.44. The van der Waals surface area contributed by atoms with E-state index in [2.05, 4.69) is 34.1 Å². The predicted molar refractivity (Wildman–Crippen MR) is 140 cm³/mol. The number of rotatable bonds is 6. The molecule has 36 heavy (non-hydrogen) atoms. The minimum absolute atomic E-state index is 0.230. The molecule has 10 heteroatoms. The van der Waals surface area contributed by atoms with Gasteiger partial charge in [0.05, 0.1) is 23.1 Å². The summed E-state index contributed by atoms with van der Waals surface area (Å²) in [6.45, 7) is 9.30. The van der Waals surface area contributed by atoms with Crippen LogP contribution in [0.1, 0.15) is 23.7 Å². The molecule has 2 N–H and O–H groups in total. The van der Waals surface area contributed by atoms with Crippen LogP contribution in [0.5, 0.6) is 0 Å². The number of hydrogen-bond acceptors (Lipinski definition) is 7. The number of likely N-dealkylation sites (N-methyl/N-ethyl adjacent to an activating group) is 1. The fourth-order valence-electron chi connectivity index (χ4n) is 4.52. The van der Waals surface area contributed by atoms with Gasteiger partial charge in [-0.2, -0.15) is 10.1 Å². The molecule has 1 aliphatic rings. The van der Waals surface area contributed by atoms with Crippen molar-refractivity contribution in [2.45, 2.75) is 26.3 Å². The van der Waals surface area contributed by atoms with Gasteiger partial charge in [0, 0.05) is 36.1 Å². The Balaban J connectivity index is 1.54. The molecule has 1 aliphatic heterocycles. The van der Waals surface area contributed by atoms with Crippen LogP contribution in [0.25, 0.3) is 16.7 Å². The number of nitrogens with zero attached hydrogens (tertiary/aromatic N) is 6. The van der Waals surface area contributed by atoms with E-state index >= 15 is 0 Å². The molecule has 1 atom stereocenters. The highest BCUT2D eigenvalue weighted by molar-refractivity contribution is 5.99. The molecule has 1 saturated heterocycles. The maximum absolute atomic E-state index is 13.1. The molecule has 184 valence electrons. The topological polar surface area (TPSA) is 110 Å². The number of hydrogen-bond donors (Lipinski definition) is 2. The van der Waals surface area contributed by atoms with E-state index in [1.807, 2.05) is 24.7 Å². The monoisotopic (exact) mass is 484 g/mol. The quantitative estimate of drug-likeness (QED) is 0.404. The van der Waals surface area contributed by atoms with Crippen molar-refractivity contribution < 1.29 is 4.79 Å². The van der Waals surface area contributed by atoms with Gasteiger partial charge in [0.2, 0.25) is 11.9 Å². The Morgan fingerprint density at radius 3 is 2.83 bits per heavy atom. The smallest absolute Gasteiger partial charge is 0.257 e. The van der Waals surface area contributed by atoms with E-state index in [0.29, 0.717) is 29.0 Å². The molecule has 0 aliphatic carbocycles. The standard InChI is InChI=1S/C26H28N8O2/c1-5-23(35)28-18-7-6-8-19(12-18)34-24(36)11-16(2)21-13-27-26(30-25(21)34)29-22-15-33(31-17(22)3)20-9-10-32(4)14-20/h5-8,11-13,15,20H,1,9-10,14H2,2-4H3,(H,28,35)(H,27,29,30)/t20-/m0/s1. The number of benzene rings is 1. The molecule has 1 amide bonds. The average molecular weight is 485 g/mol. The molecule has 5 rings (SSSR count). The van der Waals surface area contributed by atoms with Gasteiger partial charge in [-0.25, -0.2) is 4.98 Å². The number of pyridine rings is 1. The van der Waals surface area contributed by atoms with Crippen molar-refractivity contribution >= 4 is 34.3 Å². The zero-order valence-corrected chi connectivity index (χ0v) is 20.5. The second-order valence-corrected chi connectivity index (χ2v) is 9.11. The normalized spacial score (nSPS) is 15.8. The molecule has 3 aromatic heterocycles. The predicted octanol–water partition coefficient (Wildman–Crippen LogP) is 3.34. The van der Waals surface area contributed by atoms with Crippen LogP contribution in [0.3, 0.4) is 0 Å².